The molecule has 1 aromatic carbocycles. The molecule has 0 fully saturated rings. The Morgan fingerprint density at radius 3 is 2.65 bits per heavy atom. The van der Waals surface area contributed by atoms with Crippen LogP contribution in [-0.4, -0.2) is 10.4 Å². The molecule has 20 heavy (non-hydrogen) atoms. The first-order chi connectivity index (χ1) is 9.79. The average Bonchev–Trinajstić information content (AvgIpc) is 2.84. The van der Waals surface area contributed by atoms with Crippen LogP contribution in [0.5, 0.6) is 0 Å². The van der Waals surface area contributed by atoms with Crippen LogP contribution in [0.1, 0.15) is 56.9 Å². The predicted molar refractivity (Wildman–Crippen MR) is 91.0 cm³/mol. The highest BCUT2D eigenvalue weighted by Gasteiger charge is 2.10. The molecule has 0 aliphatic rings. The smallest absolute Gasteiger partial charge is 0.0953 e. The second kappa shape index (κ2) is 8.63. The zero-order chi connectivity index (χ0) is 14.2. The number of halogens is 1. The highest BCUT2D eigenvalue weighted by molar-refractivity contribution is 7.18. The molecule has 1 aromatic heterocycles. The second-order valence-corrected chi connectivity index (χ2v) is 7.17. The van der Waals surface area contributed by atoms with Gasteiger partial charge in [0.1, 0.15) is 0 Å². The van der Waals surface area contributed by atoms with E-state index in [-0.39, 0.29) is 5.38 Å². The van der Waals surface area contributed by atoms with Crippen molar-refractivity contribution in [2.45, 2.75) is 63.7 Å². The van der Waals surface area contributed by atoms with Crippen LogP contribution in [-0.2, 0) is 6.42 Å². The number of nitrogens with zero attached hydrogens (tertiary/aromatic N) is 1. The number of para-hydroxylation sites is 1. The maximum atomic E-state index is 6.45. The molecule has 1 heterocycles. The van der Waals surface area contributed by atoms with Crippen molar-refractivity contribution in [2.75, 3.05) is 0 Å². The number of alkyl halides is 1. The third-order valence-electron chi connectivity index (χ3n) is 3.61. The second-order valence-electron chi connectivity index (χ2n) is 5.43. The zero-order valence-corrected chi connectivity index (χ0v) is 13.8. The Morgan fingerprint density at radius 1 is 1.10 bits per heavy atom. The zero-order valence-electron chi connectivity index (χ0n) is 12.3. The quantitative estimate of drug-likeness (QED) is 0.397. The van der Waals surface area contributed by atoms with Gasteiger partial charge in [0.05, 0.1) is 15.2 Å². The van der Waals surface area contributed by atoms with Gasteiger partial charge in [0, 0.05) is 11.8 Å². The van der Waals surface area contributed by atoms with E-state index in [1.54, 1.807) is 11.3 Å². The van der Waals surface area contributed by atoms with Crippen molar-refractivity contribution in [1.82, 2.24) is 4.98 Å². The van der Waals surface area contributed by atoms with Gasteiger partial charge in [-0.3, -0.25) is 0 Å². The minimum atomic E-state index is 0.238. The van der Waals surface area contributed by atoms with Gasteiger partial charge in [0.2, 0.25) is 0 Å². The molecule has 3 heteroatoms. The Bertz CT molecular complexity index is 475. The van der Waals surface area contributed by atoms with Gasteiger partial charge in [0.25, 0.3) is 0 Å². The molecule has 0 spiro atoms. The summed E-state index contributed by atoms with van der Waals surface area (Å²) in [5.41, 5.74) is 1.11. The molecule has 0 aliphatic heterocycles. The minimum absolute atomic E-state index is 0.238. The van der Waals surface area contributed by atoms with Gasteiger partial charge in [-0.25, -0.2) is 4.98 Å². The molecule has 1 unspecified atom stereocenters. The van der Waals surface area contributed by atoms with E-state index in [0.717, 1.165) is 18.4 Å². The highest BCUT2D eigenvalue weighted by Crippen LogP contribution is 2.24. The van der Waals surface area contributed by atoms with Crippen LogP contribution in [0.4, 0.5) is 0 Å². The van der Waals surface area contributed by atoms with Crippen LogP contribution < -0.4 is 0 Å². The van der Waals surface area contributed by atoms with Crippen LogP contribution in [0.2, 0.25) is 0 Å². The molecule has 0 aliphatic carbocycles. The molecule has 0 saturated heterocycles. The fourth-order valence-electron chi connectivity index (χ4n) is 2.44. The van der Waals surface area contributed by atoms with Crippen LogP contribution >= 0.6 is 22.9 Å². The van der Waals surface area contributed by atoms with Crippen molar-refractivity contribution in [3.63, 3.8) is 0 Å². The van der Waals surface area contributed by atoms with E-state index in [0.29, 0.717) is 0 Å². The summed E-state index contributed by atoms with van der Waals surface area (Å²) in [6, 6.07) is 8.32. The highest BCUT2D eigenvalue weighted by atomic mass is 35.5. The van der Waals surface area contributed by atoms with Gasteiger partial charge >= 0.3 is 0 Å². The lowest BCUT2D eigenvalue weighted by Gasteiger charge is -2.07. The minimum Gasteiger partial charge on any atom is -0.241 e. The summed E-state index contributed by atoms with van der Waals surface area (Å²) in [7, 11) is 0. The molecule has 0 saturated carbocycles. The number of benzene rings is 1. The Balaban J connectivity index is 1.70. The summed E-state index contributed by atoms with van der Waals surface area (Å²) in [6.07, 6.45) is 10.0. The number of hydrogen-bond acceptors (Lipinski definition) is 2. The van der Waals surface area contributed by atoms with E-state index in [4.69, 9.17) is 11.6 Å². The summed E-state index contributed by atoms with van der Waals surface area (Å²) in [5, 5.41) is 1.42. The lowest BCUT2D eigenvalue weighted by molar-refractivity contribution is 0.578. The van der Waals surface area contributed by atoms with Crippen molar-refractivity contribution < 1.29 is 0 Å². The molecule has 1 nitrogen and oxygen atoms in total. The summed E-state index contributed by atoms with van der Waals surface area (Å²) in [6.45, 7) is 2.26. The molecule has 0 bridgehead atoms. The maximum Gasteiger partial charge on any atom is 0.0953 e. The van der Waals surface area contributed by atoms with E-state index < -0.39 is 0 Å². The molecule has 110 valence electrons. The van der Waals surface area contributed by atoms with Crippen molar-refractivity contribution in [2.24, 2.45) is 0 Å². The Hall–Kier alpha value is -0.600. The molecular formula is C17H24ClNS. The normalized spacial score (nSPS) is 12.9. The largest absolute Gasteiger partial charge is 0.241 e. The Morgan fingerprint density at radius 2 is 1.85 bits per heavy atom. The monoisotopic (exact) mass is 309 g/mol. The van der Waals surface area contributed by atoms with Crippen molar-refractivity contribution in [3.8, 4) is 0 Å². The number of rotatable bonds is 9. The fraction of sp³-hybridized carbons (Fsp3) is 0.588. The lowest BCUT2D eigenvalue weighted by Crippen LogP contribution is -2.02. The van der Waals surface area contributed by atoms with Crippen molar-refractivity contribution in [3.05, 3.63) is 29.3 Å². The van der Waals surface area contributed by atoms with E-state index in [9.17, 15) is 0 Å². The van der Waals surface area contributed by atoms with E-state index in [1.165, 1.54) is 48.2 Å². The molecule has 0 N–H and O–H groups in total. The molecule has 2 rings (SSSR count). The summed E-state index contributed by atoms with van der Waals surface area (Å²) >= 11 is 8.23. The van der Waals surface area contributed by atoms with Crippen LogP contribution in [0.3, 0.4) is 0 Å². The number of fused-ring (bicyclic) bond motifs is 1. The van der Waals surface area contributed by atoms with Gasteiger partial charge in [-0.05, 0) is 18.6 Å². The van der Waals surface area contributed by atoms with E-state index >= 15 is 0 Å². The third-order valence-corrected chi connectivity index (χ3v) is 5.04. The fourth-order valence-corrected chi connectivity index (χ4v) is 3.88. The first kappa shape index (κ1) is 15.8. The van der Waals surface area contributed by atoms with E-state index in [2.05, 4.69) is 30.1 Å². The van der Waals surface area contributed by atoms with Gasteiger partial charge < -0.3 is 0 Å². The predicted octanol–water partition coefficient (Wildman–Crippen LogP) is 6.20. The lowest BCUT2D eigenvalue weighted by atomic mass is 10.1. The molecule has 1 atom stereocenters. The summed E-state index contributed by atoms with van der Waals surface area (Å²) in [4.78, 5) is 4.66. The van der Waals surface area contributed by atoms with E-state index in [1.807, 2.05) is 6.07 Å². The van der Waals surface area contributed by atoms with Gasteiger partial charge in [0.15, 0.2) is 0 Å². The van der Waals surface area contributed by atoms with Crippen LogP contribution in [0, 0.1) is 0 Å². The van der Waals surface area contributed by atoms with Gasteiger partial charge in [-0.15, -0.1) is 22.9 Å². The van der Waals surface area contributed by atoms with Crippen LogP contribution in [0.15, 0.2) is 24.3 Å². The van der Waals surface area contributed by atoms with Crippen molar-refractivity contribution in [1.29, 1.82) is 0 Å². The Labute approximate surface area is 131 Å². The molecular weight excluding hydrogens is 286 g/mol. The first-order valence-corrected chi connectivity index (χ1v) is 9.03. The third kappa shape index (κ3) is 5.06. The maximum absolute atomic E-state index is 6.45. The first-order valence-electron chi connectivity index (χ1n) is 7.78. The topological polar surface area (TPSA) is 12.9 Å². The van der Waals surface area contributed by atoms with Gasteiger partial charge in [-0.1, -0.05) is 57.6 Å². The number of hydrogen-bond donors (Lipinski definition) is 0. The summed E-state index contributed by atoms with van der Waals surface area (Å²) < 4.78 is 1.27. The van der Waals surface area contributed by atoms with Crippen LogP contribution in [0.25, 0.3) is 10.2 Å². The Kier molecular flexibility index (Phi) is 6.81. The SMILES string of the molecule is CCCCCCCCC(Cl)Cc1nc2ccccc2s1. The van der Waals surface area contributed by atoms with Crippen molar-refractivity contribution >= 4 is 33.2 Å². The average molecular weight is 310 g/mol. The molecule has 2 aromatic rings. The number of thiazole rings is 1. The van der Waals surface area contributed by atoms with Gasteiger partial charge in [-0.2, -0.15) is 0 Å². The summed E-state index contributed by atoms with van der Waals surface area (Å²) in [5.74, 6) is 0. The molecule has 0 radical (unpaired) electrons. The number of aromatic nitrogens is 1. The molecule has 0 amide bonds. The number of unbranched alkanes of at least 4 members (excludes halogenated alkanes) is 5. The standard InChI is InChI=1S/C17H24ClNS/c1-2-3-4-5-6-7-10-14(18)13-17-19-15-11-8-9-12-16(15)20-17/h8-9,11-12,14H,2-7,10,13H2,1H3.